The lowest BCUT2D eigenvalue weighted by molar-refractivity contribution is 0.414. The summed E-state index contributed by atoms with van der Waals surface area (Å²) in [6.45, 7) is 0.304. The van der Waals surface area contributed by atoms with Gasteiger partial charge in [0.1, 0.15) is 5.75 Å². The predicted octanol–water partition coefficient (Wildman–Crippen LogP) is 4.19. The number of fused-ring (bicyclic) bond motifs is 1. The van der Waals surface area contributed by atoms with Crippen molar-refractivity contribution < 1.29 is 4.74 Å². The highest BCUT2D eigenvalue weighted by atomic mass is 35.5. The lowest BCUT2D eigenvalue weighted by atomic mass is 10.2. The fraction of sp³-hybridized carbons (Fsp3) is 0.143. The minimum Gasteiger partial charge on any atom is -0.497 e. The van der Waals surface area contributed by atoms with Crippen LogP contribution in [-0.4, -0.2) is 26.6 Å². The fourth-order valence-electron chi connectivity index (χ4n) is 2.89. The number of rotatable bonds is 6. The summed E-state index contributed by atoms with van der Waals surface area (Å²) in [5, 5.41) is 1.16. The fourth-order valence-corrected chi connectivity index (χ4v) is 4.01. The largest absolute Gasteiger partial charge is 0.497 e. The third-order valence-electron chi connectivity index (χ3n) is 4.35. The molecule has 0 amide bonds. The van der Waals surface area contributed by atoms with Crippen molar-refractivity contribution in [1.82, 2.24) is 19.5 Å². The van der Waals surface area contributed by atoms with Gasteiger partial charge in [-0.2, -0.15) is 0 Å². The van der Waals surface area contributed by atoms with Crippen molar-refractivity contribution >= 4 is 34.5 Å². The van der Waals surface area contributed by atoms with E-state index in [2.05, 4.69) is 15.0 Å². The van der Waals surface area contributed by atoms with Crippen LogP contribution in [0.15, 0.2) is 70.9 Å². The number of ether oxygens (including phenoxy) is 1. The van der Waals surface area contributed by atoms with Crippen molar-refractivity contribution in [2.24, 2.45) is 0 Å². The molecular weight excluding hydrogens is 408 g/mol. The van der Waals surface area contributed by atoms with Crippen LogP contribution in [0, 0.1) is 0 Å². The number of nitrogens with zero attached hydrogens (tertiary/aromatic N) is 4. The van der Waals surface area contributed by atoms with Crippen LogP contribution in [0.4, 0.5) is 0 Å². The number of aromatic nitrogens is 4. The van der Waals surface area contributed by atoms with E-state index >= 15 is 0 Å². The van der Waals surface area contributed by atoms with Gasteiger partial charge in [0.15, 0.2) is 16.3 Å². The molecule has 0 aliphatic carbocycles. The maximum Gasteiger partial charge on any atom is 0.282 e. The van der Waals surface area contributed by atoms with Gasteiger partial charge in [-0.05, 0) is 29.3 Å². The number of hydrogen-bond donors (Lipinski definition) is 0. The average Bonchev–Trinajstić information content (AvgIpc) is 2.76. The molecule has 2 heterocycles. The van der Waals surface area contributed by atoms with Crippen LogP contribution in [0.1, 0.15) is 11.1 Å². The van der Waals surface area contributed by atoms with Crippen molar-refractivity contribution in [3.05, 3.63) is 87.4 Å². The first-order valence-electron chi connectivity index (χ1n) is 8.86. The summed E-state index contributed by atoms with van der Waals surface area (Å²) in [5.74, 6) is 1.41. The molecular formula is C21H17ClN4O2S. The Hall–Kier alpha value is -2.90. The molecule has 0 saturated heterocycles. The first-order chi connectivity index (χ1) is 14.2. The summed E-state index contributed by atoms with van der Waals surface area (Å²) in [5.41, 5.74) is 2.24. The topological polar surface area (TPSA) is 69.9 Å². The Morgan fingerprint density at radius 3 is 2.76 bits per heavy atom. The molecule has 4 rings (SSSR count). The summed E-state index contributed by atoms with van der Waals surface area (Å²) in [6, 6.07) is 15.2. The smallest absolute Gasteiger partial charge is 0.282 e. The number of methoxy groups -OCH3 is 1. The van der Waals surface area contributed by atoms with Crippen LogP contribution in [-0.2, 0) is 12.3 Å². The Kier molecular flexibility index (Phi) is 5.78. The van der Waals surface area contributed by atoms with Crippen molar-refractivity contribution in [1.29, 1.82) is 0 Å². The molecule has 2 aromatic heterocycles. The zero-order valence-electron chi connectivity index (χ0n) is 15.6. The molecule has 6 nitrogen and oxygen atoms in total. The second-order valence-corrected chi connectivity index (χ2v) is 7.60. The molecule has 0 unspecified atom stereocenters. The molecule has 0 N–H and O–H groups in total. The normalized spacial score (nSPS) is 11.0. The minimum absolute atomic E-state index is 0.240. The Morgan fingerprint density at radius 2 is 1.93 bits per heavy atom. The maximum absolute atomic E-state index is 13.1. The number of thioether (sulfide) groups is 1. The van der Waals surface area contributed by atoms with Gasteiger partial charge < -0.3 is 4.74 Å². The van der Waals surface area contributed by atoms with Gasteiger partial charge in [-0.1, -0.05) is 53.7 Å². The molecule has 8 heteroatoms. The van der Waals surface area contributed by atoms with Crippen LogP contribution in [0.5, 0.6) is 5.75 Å². The Balaban J connectivity index is 1.74. The molecule has 29 heavy (non-hydrogen) atoms. The summed E-state index contributed by atoms with van der Waals surface area (Å²) in [4.78, 5) is 26.1. The second-order valence-electron chi connectivity index (χ2n) is 6.25. The molecule has 0 atom stereocenters. The summed E-state index contributed by atoms with van der Waals surface area (Å²) in [6.07, 6.45) is 3.03. The van der Waals surface area contributed by atoms with Gasteiger partial charge in [-0.25, -0.2) is 15.0 Å². The van der Waals surface area contributed by atoms with Gasteiger partial charge in [-0.15, -0.1) is 0 Å². The van der Waals surface area contributed by atoms with Gasteiger partial charge in [0.2, 0.25) is 0 Å². The molecule has 146 valence electrons. The lowest BCUT2D eigenvalue weighted by Crippen LogP contribution is -2.25. The molecule has 0 bridgehead atoms. The van der Waals surface area contributed by atoms with E-state index in [1.165, 1.54) is 24.2 Å². The highest BCUT2D eigenvalue weighted by Gasteiger charge is 2.15. The van der Waals surface area contributed by atoms with E-state index in [-0.39, 0.29) is 11.1 Å². The average molecular weight is 425 g/mol. The Morgan fingerprint density at radius 1 is 1.10 bits per heavy atom. The zero-order chi connectivity index (χ0) is 20.2. The van der Waals surface area contributed by atoms with E-state index in [4.69, 9.17) is 16.3 Å². The van der Waals surface area contributed by atoms with E-state index in [1.54, 1.807) is 17.7 Å². The molecule has 0 aliphatic rings. The zero-order valence-corrected chi connectivity index (χ0v) is 17.2. The van der Waals surface area contributed by atoms with E-state index in [1.807, 2.05) is 42.5 Å². The third-order valence-corrected chi connectivity index (χ3v) is 5.76. The number of halogens is 1. The number of hydrogen-bond acceptors (Lipinski definition) is 6. The first kappa shape index (κ1) is 19.4. The SMILES string of the molecule is COc1cccc(CSc2nc3nccnc3c(=O)n2Cc2ccccc2Cl)c1. The first-order valence-corrected chi connectivity index (χ1v) is 10.2. The van der Waals surface area contributed by atoms with E-state index in [0.29, 0.717) is 28.1 Å². The van der Waals surface area contributed by atoms with E-state index in [9.17, 15) is 4.79 Å². The second kappa shape index (κ2) is 8.63. The van der Waals surface area contributed by atoms with Gasteiger partial charge in [0, 0.05) is 23.2 Å². The van der Waals surface area contributed by atoms with Crippen LogP contribution >= 0.6 is 23.4 Å². The van der Waals surface area contributed by atoms with Gasteiger partial charge >= 0.3 is 0 Å². The molecule has 0 fully saturated rings. The summed E-state index contributed by atoms with van der Waals surface area (Å²) < 4.78 is 6.89. The van der Waals surface area contributed by atoms with E-state index in [0.717, 1.165) is 16.9 Å². The van der Waals surface area contributed by atoms with Gasteiger partial charge in [-0.3, -0.25) is 9.36 Å². The Bertz CT molecular complexity index is 1230. The molecule has 0 saturated carbocycles. The molecule has 0 aliphatic heterocycles. The number of benzene rings is 2. The quantitative estimate of drug-likeness (QED) is 0.341. The third kappa shape index (κ3) is 4.26. The van der Waals surface area contributed by atoms with Crippen LogP contribution in [0.3, 0.4) is 0 Å². The van der Waals surface area contributed by atoms with Crippen molar-refractivity contribution in [2.75, 3.05) is 7.11 Å². The van der Waals surface area contributed by atoms with Crippen LogP contribution in [0.25, 0.3) is 11.2 Å². The van der Waals surface area contributed by atoms with Crippen LogP contribution < -0.4 is 10.3 Å². The van der Waals surface area contributed by atoms with Crippen molar-refractivity contribution in [3.8, 4) is 5.75 Å². The van der Waals surface area contributed by atoms with Gasteiger partial charge in [0.05, 0.1) is 13.7 Å². The minimum atomic E-state index is -0.240. The predicted molar refractivity (Wildman–Crippen MR) is 115 cm³/mol. The highest BCUT2D eigenvalue weighted by Crippen LogP contribution is 2.25. The molecule has 0 spiro atoms. The lowest BCUT2D eigenvalue weighted by Gasteiger charge is -2.13. The van der Waals surface area contributed by atoms with E-state index < -0.39 is 0 Å². The monoisotopic (exact) mass is 424 g/mol. The standard InChI is InChI=1S/C21H17ClN4O2S/c1-28-16-7-4-5-14(11-16)13-29-21-25-19-18(23-9-10-24-19)20(27)26(21)12-15-6-2-3-8-17(15)22/h2-11H,12-13H2,1H3. The van der Waals surface area contributed by atoms with Crippen molar-refractivity contribution in [2.45, 2.75) is 17.5 Å². The van der Waals surface area contributed by atoms with Crippen LogP contribution in [0.2, 0.25) is 5.02 Å². The summed E-state index contributed by atoms with van der Waals surface area (Å²) in [7, 11) is 1.64. The molecule has 0 radical (unpaired) electrons. The Labute approximate surface area is 176 Å². The molecule has 2 aromatic carbocycles. The maximum atomic E-state index is 13.1. The highest BCUT2D eigenvalue weighted by molar-refractivity contribution is 7.98. The summed E-state index contributed by atoms with van der Waals surface area (Å²) >= 11 is 7.78. The van der Waals surface area contributed by atoms with Crippen molar-refractivity contribution in [3.63, 3.8) is 0 Å². The molecule has 4 aromatic rings. The van der Waals surface area contributed by atoms with Gasteiger partial charge in [0.25, 0.3) is 5.56 Å².